The molecular weight excluding hydrogens is 184 g/mol. The Hall–Kier alpha value is -0.0800. The van der Waals surface area contributed by atoms with Gasteiger partial charge in [-0.25, -0.2) is 0 Å². The molecule has 1 heterocycles. The second-order valence-corrected chi connectivity index (χ2v) is 5.95. The van der Waals surface area contributed by atoms with Gasteiger partial charge in [-0.2, -0.15) is 0 Å². The average Bonchev–Trinajstić information content (AvgIpc) is 2.62. The van der Waals surface area contributed by atoms with E-state index >= 15 is 0 Å². The SMILES string of the molecule is CC1C(N)CCN(C2(C)CCCC2)C1C. The van der Waals surface area contributed by atoms with Crippen LogP contribution in [0.25, 0.3) is 0 Å². The van der Waals surface area contributed by atoms with E-state index in [0.29, 0.717) is 23.5 Å². The van der Waals surface area contributed by atoms with Gasteiger partial charge in [-0.05, 0) is 39.0 Å². The van der Waals surface area contributed by atoms with Crippen molar-refractivity contribution >= 4 is 0 Å². The lowest BCUT2D eigenvalue weighted by Gasteiger charge is -2.49. The van der Waals surface area contributed by atoms with Crippen LogP contribution in [0.5, 0.6) is 0 Å². The maximum atomic E-state index is 6.15. The van der Waals surface area contributed by atoms with Crippen LogP contribution in [0.15, 0.2) is 0 Å². The van der Waals surface area contributed by atoms with E-state index < -0.39 is 0 Å². The first kappa shape index (κ1) is 11.4. The molecule has 3 unspecified atom stereocenters. The third-order valence-electron chi connectivity index (χ3n) is 5.01. The molecule has 2 fully saturated rings. The van der Waals surface area contributed by atoms with Gasteiger partial charge in [0.2, 0.25) is 0 Å². The van der Waals surface area contributed by atoms with E-state index in [1.165, 1.54) is 38.6 Å². The summed E-state index contributed by atoms with van der Waals surface area (Å²) in [5.74, 6) is 0.649. The van der Waals surface area contributed by atoms with Crippen LogP contribution in [0.3, 0.4) is 0 Å². The monoisotopic (exact) mass is 210 g/mol. The van der Waals surface area contributed by atoms with Crippen LogP contribution in [0.1, 0.15) is 52.9 Å². The Morgan fingerprint density at radius 1 is 1.20 bits per heavy atom. The summed E-state index contributed by atoms with van der Waals surface area (Å²) in [6.07, 6.45) is 6.79. The molecule has 0 spiro atoms. The number of rotatable bonds is 1. The summed E-state index contributed by atoms with van der Waals surface area (Å²) in [4.78, 5) is 2.74. The second kappa shape index (κ2) is 4.06. The first-order valence-corrected chi connectivity index (χ1v) is 6.57. The normalized spacial score (nSPS) is 42.0. The van der Waals surface area contributed by atoms with Gasteiger partial charge in [-0.3, -0.25) is 4.90 Å². The van der Waals surface area contributed by atoms with Crippen molar-refractivity contribution in [2.24, 2.45) is 11.7 Å². The zero-order valence-corrected chi connectivity index (χ0v) is 10.5. The van der Waals surface area contributed by atoms with Crippen molar-refractivity contribution in [3.05, 3.63) is 0 Å². The highest BCUT2D eigenvalue weighted by Gasteiger charge is 2.41. The quantitative estimate of drug-likeness (QED) is 0.720. The maximum Gasteiger partial charge on any atom is 0.0184 e. The van der Waals surface area contributed by atoms with Crippen LogP contribution in [0.2, 0.25) is 0 Å². The topological polar surface area (TPSA) is 29.3 Å². The summed E-state index contributed by atoms with van der Waals surface area (Å²) in [7, 11) is 0. The predicted molar refractivity (Wildman–Crippen MR) is 64.8 cm³/mol. The molecule has 0 radical (unpaired) electrons. The van der Waals surface area contributed by atoms with Gasteiger partial charge >= 0.3 is 0 Å². The highest BCUT2D eigenvalue weighted by Crippen LogP contribution is 2.39. The van der Waals surface area contributed by atoms with Crippen molar-refractivity contribution in [3.8, 4) is 0 Å². The van der Waals surface area contributed by atoms with Crippen LogP contribution in [-0.4, -0.2) is 29.1 Å². The van der Waals surface area contributed by atoms with E-state index in [-0.39, 0.29) is 0 Å². The highest BCUT2D eigenvalue weighted by molar-refractivity contribution is 4.98. The van der Waals surface area contributed by atoms with Gasteiger partial charge in [-0.1, -0.05) is 19.8 Å². The molecule has 0 aromatic carbocycles. The molecule has 2 aliphatic rings. The zero-order valence-electron chi connectivity index (χ0n) is 10.5. The molecule has 0 amide bonds. The van der Waals surface area contributed by atoms with Gasteiger partial charge in [0.05, 0.1) is 0 Å². The molecule has 1 saturated heterocycles. The van der Waals surface area contributed by atoms with E-state index in [1.807, 2.05) is 0 Å². The van der Waals surface area contributed by atoms with Gasteiger partial charge in [-0.15, -0.1) is 0 Å². The molecule has 2 nitrogen and oxygen atoms in total. The number of nitrogens with two attached hydrogens (primary N) is 1. The van der Waals surface area contributed by atoms with E-state index in [1.54, 1.807) is 0 Å². The van der Waals surface area contributed by atoms with Crippen molar-refractivity contribution in [3.63, 3.8) is 0 Å². The molecule has 15 heavy (non-hydrogen) atoms. The Labute approximate surface area is 94.2 Å². The molecule has 1 aliphatic heterocycles. The van der Waals surface area contributed by atoms with Crippen molar-refractivity contribution in [1.29, 1.82) is 0 Å². The van der Waals surface area contributed by atoms with E-state index in [2.05, 4.69) is 25.7 Å². The second-order valence-electron chi connectivity index (χ2n) is 5.95. The van der Waals surface area contributed by atoms with Crippen LogP contribution in [0, 0.1) is 5.92 Å². The fraction of sp³-hybridized carbons (Fsp3) is 1.00. The van der Waals surface area contributed by atoms with Gasteiger partial charge in [0.15, 0.2) is 0 Å². The van der Waals surface area contributed by atoms with E-state index in [0.717, 1.165) is 0 Å². The van der Waals surface area contributed by atoms with Crippen molar-refractivity contribution in [1.82, 2.24) is 4.90 Å². The number of likely N-dealkylation sites (tertiary alicyclic amines) is 1. The standard InChI is InChI=1S/C13H26N2/c1-10-11(2)15(9-6-12(10)14)13(3)7-4-5-8-13/h10-12H,4-9,14H2,1-3H3. The summed E-state index contributed by atoms with van der Waals surface area (Å²) in [6, 6.07) is 1.08. The lowest BCUT2D eigenvalue weighted by molar-refractivity contribution is 0.00527. The molecule has 0 bridgehead atoms. The van der Waals surface area contributed by atoms with Gasteiger partial charge in [0.1, 0.15) is 0 Å². The molecule has 2 rings (SSSR count). The summed E-state index contributed by atoms with van der Waals surface area (Å²) in [6.45, 7) is 8.36. The lowest BCUT2D eigenvalue weighted by Crippen LogP contribution is -2.59. The summed E-state index contributed by atoms with van der Waals surface area (Å²) >= 11 is 0. The smallest absolute Gasteiger partial charge is 0.0184 e. The Bertz CT molecular complexity index is 221. The molecular formula is C13H26N2. The highest BCUT2D eigenvalue weighted by atomic mass is 15.2. The van der Waals surface area contributed by atoms with E-state index in [9.17, 15) is 0 Å². The molecule has 1 saturated carbocycles. The molecule has 0 aromatic rings. The third kappa shape index (κ3) is 1.94. The zero-order chi connectivity index (χ0) is 11.1. The number of hydrogen-bond acceptors (Lipinski definition) is 2. The summed E-state index contributed by atoms with van der Waals surface area (Å²) in [5.41, 5.74) is 6.63. The fourth-order valence-electron chi connectivity index (χ4n) is 3.58. The Kier molecular flexibility index (Phi) is 3.09. The number of piperidine rings is 1. The van der Waals surface area contributed by atoms with Crippen LogP contribution >= 0.6 is 0 Å². The van der Waals surface area contributed by atoms with Gasteiger partial charge < -0.3 is 5.73 Å². The van der Waals surface area contributed by atoms with Crippen molar-refractivity contribution < 1.29 is 0 Å². The predicted octanol–water partition coefficient (Wildman–Crippen LogP) is 2.38. The molecule has 3 atom stereocenters. The van der Waals surface area contributed by atoms with Gasteiger partial charge in [0.25, 0.3) is 0 Å². The maximum absolute atomic E-state index is 6.15. The van der Waals surface area contributed by atoms with Crippen LogP contribution in [0.4, 0.5) is 0 Å². The Balaban J connectivity index is 2.09. The lowest BCUT2D eigenvalue weighted by atomic mass is 9.83. The van der Waals surface area contributed by atoms with E-state index in [4.69, 9.17) is 5.73 Å². The number of nitrogens with zero attached hydrogens (tertiary/aromatic N) is 1. The first-order valence-electron chi connectivity index (χ1n) is 6.57. The molecule has 2 N–H and O–H groups in total. The Morgan fingerprint density at radius 2 is 1.80 bits per heavy atom. The minimum Gasteiger partial charge on any atom is -0.327 e. The van der Waals surface area contributed by atoms with Gasteiger partial charge in [0, 0.05) is 24.2 Å². The molecule has 2 heteroatoms. The Morgan fingerprint density at radius 3 is 2.40 bits per heavy atom. The third-order valence-corrected chi connectivity index (χ3v) is 5.01. The molecule has 88 valence electrons. The minimum absolute atomic E-state index is 0.418. The fourth-order valence-corrected chi connectivity index (χ4v) is 3.58. The summed E-state index contributed by atoms with van der Waals surface area (Å²) < 4.78 is 0. The van der Waals surface area contributed by atoms with Crippen molar-refractivity contribution in [2.45, 2.75) is 70.5 Å². The molecule has 0 aromatic heterocycles. The first-order chi connectivity index (χ1) is 7.04. The molecule has 1 aliphatic carbocycles. The minimum atomic E-state index is 0.418. The van der Waals surface area contributed by atoms with Crippen LogP contribution in [-0.2, 0) is 0 Å². The summed E-state index contributed by atoms with van der Waals surface area (Å²) in [5, 5.41) is 0. The van der Waals surface area contributed by atoms with Crippen molar-refractivity contribution in [2.75, 3.05) is 6.54 Å². The van der Waals surface area contributed by atoms with Crippen LogP contribution < -0.4 is 5.73 Å². The largest absolute Gasteiger partial charge is 0.327 e. The number of hydrogen-bond donors (Lipinski definition) is 1. The average molecular weight is 210 g/mol.